The minimum atomic E-state index is -0.274. The number of carbonyl (C=O) groups is 1. The summed E-state index contributed by atoms with van der Waals surface area (Å²) in [6.45, 7) is 8.14. The summed E-state index contributed by atoms with van der Waals surface area (Å²) in [5, 5.41) is 8.43. The molecule has 1 amide bonds. The number of pyridine rings is 1. The number of halogens is 1. The number of hydrogen-bond donors (Lipinski definition) is 2. The fraction of sp³-hybridized carbons (Fsp3) is 0.303. The van der Waals surface area contributed by atoms with Crippen molar-refractivity contribution in [3.8, 4) is 11.1 Å². The van der Waals surface area contributed by atoms with Gasteiger partial charge in [0.15, 0.2) is 0 Å². The van der Waals surface area contributed by atoms with Gasteiger partial charge in [-0.2, -0.15) is 5.10 Å². The lowest BCUT2D eigenvalue weighted by molar-refractivity contribution is -0.133. The monoisotopic (exact) mass is 583 g/mol. The van der Waals surface area contributed by atoms with E-state index >= 15 is 0 Å². The Hall–Kier alpha value is -4.14. The van der Waals surface area contributed by atoms with Crippen LogP contribution in [0.3, 0.4) is 0 Å². The molecule has 2 aromatic carbocycles. The van der Waals surface area contributed by atoms with Gasteiger partial charge in [-0.15, -0.1) is 0 Å². The quantitative estimate of drug-likeness (QED) is 0.273. The van der Waals surface area contributed by atoms with Crippen LogP contribution in [0, 0.1) is 0 Å². The third-order valence-corrected chi connectivity index (χ3v) is 7.85. The van der Waals surface area contributed by atoms with E-state index in [1.54, 1.807) is 12.4 Å². The summed E-state index contributed by atoms with van der Waals surface area (Å²) in [5.74, 6) is -0.140. The zero-order valence-corrected chi connectivity index (χ0v) is 24.9. The van der Waals surface area contributed by atoms with Crippen LogP contribution in [0.1, 0.15) is 36.5 Å². The number of nitrogens with zero attached hydrogens (tertiary/aromatic N) is 5. The number of aromatic nitrogens is 3. The number of carbonyl (C=O) groups excluding carboxylic acids is 1. The van der Waals surface area contributed by atoms with Crippen molar-refractivity contribution in [1.29, 1.82) is 0 Å². The fourth-order valence-electron chi connectivity index (χ4n) is 5.40. The molecule has 0 spiro atoms. The smallest absolute Gasteiger partial charge is 0.231 e. The highest BCUT2D eigenvalue weighted by Gasteiger charge is 2.30. The molecule has 1 aliphatic heterocycles. The number of hydrogen-bond acceptors (Lipinski definition) is 6. The maximum absolute atomic E-state index is 13.8. The number of nitrogens with one attached hydrogen (secondary N) is 1. The molecule has 42 heavy (non-hydrogen) atoms. The Kier molecular flexibility index (Phi) is 9.56. The average Bonchev–Trinajstić information content (AvgIpc) is 3.52. The number of benzene rings is 2. The lowest BCUT2D eigenvalue weighted by Crippen LogP contribution is -2.51. The minimum Gasteiger partial charge on any atom is -0.405 e. The predicted molar refractivity (Wildman–Crippen MR) is 170 cm³/mol. The third kappa shape index (κ3) is 7.01. The Labute approximate surface area is 252 Å². The van der Waals surface area contributed by atoms with Gasteiger partial charge >= 0.3 is 0 Å². The van der Waals surface area contributed by atoms with Gasteiger partial charge in [0.2, 0.25) is 5.91 Å². The van der Waals surface area contributed by atoms with Gasteiger partial charge in [-0.1, -0.05) is 61.8 Å². The number of nitrogens with two attached hydrogens (primary N) is 1. The molecule has 1 fully saturated rings. The summed E-state index contributed by atoms with van der Waals surface area (Å²) in [7, 11) is 0. The molecule has 0 bridgehead atoms. The van der Waals surface area contributed by atoms with Crippen molar-refractivity contribution in [1.82, 2.24) is 25.0 Å². The molecule has 218 valence electrons. The zero-order valence-electron chi connectivity index (χ0n) is 24.2. The van der Waals surface area contributed by atoms with Gasteiger partial charge in [-0.3, -0.25) is 14.5 Å². The molecule has 0 unspecified atom stereocenters. The van der Waals surface area contributed by atoms with Gasteiger partial charge < -0.3 is 20.9 Å². The summed E-state index contributed by atoms with van der Waals surface area (Å²) in [6, 6.07) is 18.4. The summed E-state index contributed by atoms with van der Waals surface area (Å²) in [6.07, 6.45) is 11.0. The molecular formula is C33H38ClN7O. The molecule has 0 saturated carbocycles. The van der Waals surface area contributed by atoms with Gasteiger partial charge in [-0.05, 0) is 47.2 Å². The molecule has 0 aliphatic carbocycles. The molecule has 8 nitrogen and oxygen atoms in total. The van der Waals surface area contributed by atoms with Gasteiger partial charge in [0.25, 0.3) is 0 Å². The second kappa shape index (κ2) is 13.7. The maximum Gasteiger partial charge on any atom is 0.231 e. The Morgan fingerprint density at radius 2 is 1.79 bits per heavy atom. The van der Waals surface area contributed by atoms with Crippen LogP contribution in [0.4, 0.5) is 5.69 Å². The van der Waals surface area contributed by atoms with E-state index in [0.29, 0.717) is 44.3 Å². The normalized spacial score (nSPS) is 14.6. The Bertz CT molecular complexity index is 1480. The average molecular weight is 584 g/mol. The van der Waals surface area contributed by atoms with Crippen LogP contribution < -0.4 is 16.0 Å². The first-order valence-corrected chi connectivity index (χ1v) is 14.8. The fourth-order valence-corrected chi connectivity index (χ4v) is 5.52. The molecule has 4 aromatic rings. The van der Waals surface area contributed by atoms with Crippen molar-refractivity contribution >= 4 is 29.3 Å². The molecule has 3 heterocycles. The van der Waals surface area contributed by atoms with E-state index < -0.39 is 0 Å². The van der Waals surface area contributed by atoms with Gasteiger partial charge in [0.05, 0.1) is 18.2 Å². The molecule has 5 rings (SSSR count). The SMILES string of the molecule is CC(C)NC[C@@H](C(=O)N1CCN(c2c(/C=C\N)cncc2-c2ccc(Cn3cccn3)cc2)CC1)c1ccc(Cl)cc1. The van der Waals surface area contributed by atoms with Crippen LogP contribution in [-0.4, -0.2) is 64.3 Å². The Balaban J connectivity index is 1.35. The van der Waals surface area contributed by atoms with Crippen LogP contribution in [0.2, 0.25) is 5.02 Å². The van der Waals surface area contributed by atoms with Crippen molar-refractivity contribution in [3.63, 3.8) is 0 Å². The van der Waals surface area contributed by atoms with E-state index in [2.05, 4.69) is 58.4 Å². The topological polar surface area (TPSA) is 92.3 Å². The second-order valence-corrected chi connectivity index (χ2v) is 11.3. The summed E-state index contributed by atoms with van der Waals surface area (Å²) < 4.78 is 1.91. The summed E-state index contributed by atoms with van der Waals surface area (Å²) in [4.78, 5) is 22.7. The van der Waals surface area contributed by atoms with Crippen LogP contribution in [0.15, 0.2) is 85.6 Å². The van der Waals surface area contributed by atoms with E-state index in [4.69, 9.17) is 17.3 Å². The van der Waals surface area contributed by atoms with Crippen LogP contribution in [0.5, 0.6) is 0 Å². The van der Waals surface area contributed by atoms with Gasteiger partial charge in [0.1, 0.15) is 0 Å². The van der Waals surface area contributed by atoms with Crippen LogP contribution in [0.25, 0.3) is 17.2 Å². The number of piperazine rings is 1. The van der Waals surface area contributed by atoms with E-state index in [0.717, 1.165) is 27.9 Å². The number of rotatable bonds is 10. The Morgan fingerprint density at radius 1 is 1.05 bits per heavy atom. The van der Waals surface area contributed by atoms with Crippen molar-refractivity contribution in [3.05, 3.63) is 107 Å². The molecular weight excluding hydrogens is 546 g/mol. The zero-order chi connectivity index (χ0) is 29.5. The van der Waals surface area contributed by atoms with Gasteiger partial charge in [-0.25, -0.2) is 0 Å². The highest BCUT2D eigenvalue weighted by molar-refractivity contribution is 6.30. The highest BCUT2D eigenvalue weighted by Crippen LogP contribution is 2.35. The molecule has 0 radical (unpaired) electrons. The van der Waals surface area contributed by atoms with Crippen molar-refractivity contribution < 1.29 is 4.79 Å². The molecule has 1 aliphatic rings. The van der Waals surface area contributed by atoms with E-state index in [-0.39, 0.29) is 17.9 Å². The largest absolute Gasteiger partial charge is 0.405 e. The molecule has 2 aromatic heterocycles. The number of anilines is 1. The van der Waals surface area contributed by atoms with Crippen LogP contribution in [-0.2, 0) is 11.3 Å². The first-order valence-electron chi connectivity index (χ1n) is 14.4. The Morgan fingerprint density at radius 3 is 2.43 bits per heavy atom. The summed E-state index contributed by atoms with van der Waals surface area (Å²) in [5.41, 5.74) is 12.1. The first kappa shape index (κ1) is 29.4. The second-order valence-electron chi connectivity index (χ2n) is 10.9. The standard InChI is InChI=1S/C33H38ClN7O/c1-24(2)37-22-31(27-8-10-29(34)11-9-27)33(42)40-18-16-39(17-19-40)32-28(12-13-35)20-36-21-30(32)26-6-4-25(5-7-26)23-41-15-3-14-38-41/h3-15,20-21,24,31,37H,16-19,22-23,35H2,1-2H3/b13-12-/t31-/m1/s1. The molecule has 9 heteroatoms. The predicted octanol–water partition coefficient (Wildman–Crippen LogP) is 5.01. The molecule has 1 atom stereocenters. The van der Waals surface area contributed by atoms with E-state index in [1.165, 1.54) is 5.56 Å². The lowest BCUT2D eigenvalue weighted by Gasteiger charge is -2.39. The molecule has 3 N–H and O–H groups in total. The minimum absolute atomic E-state index is 0.134. The maximum atomic E-state index is 13.8. The van der Waals surface area contributed by atoms with Gasteiger partial charge in [0, 0.05) is 79.7 Å². The van der Waals surface area contributed by atoms with E-state index in [9.17, 15) is 4.79 Å². The van der Waals surface area contributed by atoms with Crippen molar-refractivity contribution in [2.75, 3.05) is 37.6 Å². The van der Waals surface area contributed by atoms with Crippen LogP contribution >= 0.6 is 11.6 Å². The highest BCUT2D eigenvalue weighted by atomic mass is 35.5. The van der Waals surface area contributed by atoms with Crippen molar-refractivity contribution in [2.45, 2.75) is 32.4 Å². The molecule has 1 saturated heterocycles. The van der Waals surface area contributed by atoms with E-state index in [1.807, 2.05) is 64.6 Å². The number of amides is 1. The van der Waals surface area contributed by atoms with Crippen molar-refractivity contribution in [2.24, 2.45) is 5.73 Å². The summed E-state index contributed by atoms with van der Waals surface area (Å²) >= 11 is 6.14. The lowest BCUT2D eigenvalue weighted by atomic mass is 9.96. The first-order chi connectivity index (χ1) is 20.4. The third-order valence-electron chi connectivity index (χ3n) is 7.60.